The minimum Gasteiger partial charge on any atom is -0.369 e. The standard InChI is InChI=1S/C14H23BrN2/c1-5-16-10-12-7-8-13(15)9-14(12)17(6-2)11(3)4/h7-9,11,16H,5-6,10H2,1-4H3. The summed E-state index contributed by atoms with van der Waals surface area (Å²) in [5.74, 6) is 0. The van der Waals surface area contributed by atoms with Crippen molar-refractivity contribution in [3.8, 4) is 0 Å². The molecule has 0 bridgehead atoms. The third-order valence-corrected chi connectivity index (χ3v) is 3.38. The van der Waals surface area contributed by atoms with Crippen molar-refractivity contribution in [1.82, 2.24) is 5.32 Å². The number of hydrogen-bond acceptors (Lipinski definition) is 2. The van der Waals surface area contributed by atoms with Crippen molar-refractivity contribution in [2.24, 2.45) is 0 Å². The highest BCUT2D eigenvalue weighted by molar-refractivity contribution is 9.10. The van der Waals surface area contributed by atoms with Gasteiger partial charge in [-0.3, -0.25) is 0 Å². The van der Waals surface area contributed by atoms with Crippen molar-refractivity contribution >= 4 is 21.6 Å². The molecule has 1 aromatic rings. The van der Waals surface area contributed by atoms with Crippen LogP contribution in [0.15, 0.2) is 22.7 Å². The lowest BCUT2D eigenvalue weighted by atomic mass is 10.1. The van der Waals surface area contributed by atoms with Crippen molar-refractivity contribution in [3.63, 3.8) is 0 Å². The van der Waals surface area contributed by atoms with Gasteiger partial charge in [-0.2, -0.15) is 0 Å². The van der Waals surface area contributed by atoms with E-state index in [1.165, 1.54) is 11.3 Å². The van der Waals surface area contributed by atoms with Gasteiger partial charge in [-0.15, -0.1) is 0 Å². The average molecular weight is 299 g/mol. The summed E-state index contributed by atoms with van der Waals surface area (Å²) in [6.45, 7) is 11.8. The predicted octanol–water partition coefficient (Wildman–Crippen LogP) is 3.79. The zero-order chi connectivity index (χ0) is 12.8. The van der Waals surface area contributed by atoms with E-state index in [4.69, 9.17) is 0 Å². The monoisotopic (exact) mass is 298 g/mol. The van der Waals surface area contributed by atoms with E-state index in [9.17, 15) is 0 Å². The van der Waals surface area contributed by atoms with Crippen LogP contribution in [0.2, 0.25) is 0 Å². The van der Waals surface area contributed by atoms with Crippen molar-refractivity contribution in [1.29, 1.82) is 0 Å². The summed E-state index contributed by atoms with van der Waals surface area (Å²) in [6.07, 6.45) is 0. The molecule has 1 N–H and O–H groups in total. The molecule has 96 valence electrons. The average Bonchev–Trinajstić information content (AvgIpc) is 2.28. The molecule has 1 rings (SSSR count). The predicted molar refractivity (Wildman–Crippen MR) is 79.7 cm³/mol. The third kappa shape index (κ3) is 4.00. The fraction of sp³-hybridized carbons (Fsp3) is 0.571. The number of hydrogen-bond donors (Lipinski definition) is 1. The van der Waals surface area contributed by atoms with Crippen LogP contribution in [-0.4, -0.2) is 19.1 Å². The van der Waals surface area contributed by atoms with Crippen molar-refractivity contribution in [2.75, 3.05) is 18.0 Å². The zero-order valence-electron chi connectivity index (χ0n) is 11.3. The van der Waals surface area contributed by atoms with E-state index in [1.807, 2.05) is 0 Å². The molecule has 0 aromatic heterocycles. The molecule has 0 fully saturated rings. The number of rotatable bonds is 6. The maximum Gasteiger partial charge on any atom is 0.0425 e. The molecule has 3 heteroatoms. The first-order chi connectivity index (χ1) is 8.10. The number of halogens is 1. The molecule has 0 saturated heterocycles. The Balaban J connectivity index is 3.04. The summed E-state index contributed by atoms with van der Waals surface area (Å²) >= 11 is 3.56. The molecule has 2 nitrogen and oxygen atoms in total. The van der Waals surface area contributed by atoms with Gasteiger partial charge >= 0.3 is 0 Å². The fourth-order valence-electron chi connectivity index (χ4n) is 2.03. The van der Waals surface area contributed by atoms with Gasteiger partial charge in [-0.25, -0.2) is 0 Å². The molecule has 0 aliphatic rings. The maximum atomic E-state index is 3.56. The van der Waals surface area contributed by atoms with E-state index in [-0.39, 0.29) is 0 Å². The Hall–Kier alpha value is -0.540. The number of anilines is 1. The lowest BCUT2D eigenvalue weighted by molar-refractivity contribution is 0.683. The quantitative estimate of drug-likeness (QED) is 0.859. The number of benzene rings is 1. The van der Waals surface area contributed by atoms with Crippen LogP contribution in [0, 0.1) is 0 Å². The molecular formula is C14H23BrN2. The van der Waals surface area contributed by atoms with Crippen LogP contribution in [0.5, 0.6) is 0 Å². The SMILES string of the molecule is CCNCc1ccc(Br)cc1N(CC)C(C)C. The number of nitrogens with one attached hydrogen (secondary N) is 1. The second-order valence-electron chi connectivity index (χ2n) is 4.43. The smallest absolute Gasteiger partial charge is 0.0425 e. The molecule has 0 radical (unpaired) electrons. The highest BCUT2D eigenvalue weighted by Crippen LogP contribution is 2.26. The van der Waals surface area contributed by atoms with Gasteiger partial charge < -0.3 is 10.2 Å². The van der Waals surface area contributed by atoms with Gasteiger partial charge in [-0.05, 0) is 45.0 Å². The van der Waals surface area contributed by atoms with Crippen LogP contribution < -0.4 is 10.2 Å². The largest absolute Gasteiger partial charge is 0.369 e. The lowest BCUT2D eigenvalue weighted by Gasteiger charge is -2.30. The Kier molecular flexibility index (Phi) is 6.00. The van der Waals surface area contributed by atoms with Crippen LogP contribution in [0.4, 0.5) is 5.69 Å². The summed E-state index contributed by atoms with van der Waals surface area (Å²) < 4.78 is 1.15. The summed E-state index contributed by atoms with van der Waals surface area (Å²) in [5.41, 5.74) is 2.70. The van der Waals surface area contributed by atoms with Crippen LogP contribution in [0.25, 0.3) is 0 Å². The first-order valence-corrected chi connectivity index (χ1v) is 7.15. The highest BCUT2D eigenvalue weighted by atomic mass is 79.9. The molecule has 0 spiro atoms. The third-order valence-electron chi connectivity index (χ3n) is 2.89. The van der Waals surface area contributed by atoms with Crippen LogP contribution >= 0.6 is 15.9 Å². The molecule has 0 unspecified atom stereocenters. The Labute approximate surface area is 114 Å². The maximum absolute atomic E-state index is 3.56. The van der Waals surface area contributed by atoms with E-state index in [0.29, 0.717) is 6.04 Å². The van der Waals surface area contributed by atoms with Crippen molar-refractivity contribution < 1.29 is 0 Å². The topological polar surface area (TPSA) is 15.3 Å². The van der Waals surface area contributed by atoms with Gasteiger partial charge in [0.2, 0.25) is 0 Å². The van der Waals surface area contributed by atoms with Crippen LogP contribution in [-0.2, 0) is 6.54 Å². The van der Waals surface area contributed by atoms with E-state index < -0.39 is 0 Å². The van der Waals surface area contributed by atoms with E-state index in [2.05, 4.69) is 72.0 Å². The van der Waals surface area contributed by atoms with Crippen LogP contribution in [0.3, 0.4) is 0 Å². The van der Waals surface area contributed by atoms with Gasteiger partial charge in [0.05, 0.1) is 0 Å². The van der Waals surface area contributed by atoms with Gasteiger partial charge in [0.25, 0.3) is 0 Å². The fourth-order valence-corrected chi connectivity index (χ4v) is 2.38. The Morgan fingerprint density at radius 3 is 2.53 bits per heavy atom. The van der Waals surface area contributed by atoms with E-state index >= 15 is 0 Å². The Morgan fingerprint density at radius 2 is 2.00 bits per heavy atom. The second kappa shape index (κ2) is 7.02. The minimum atomic E-state index is 0.523. The van der Waals surface area contributed by atoms with Crippen LogP contribution in [0.1, 0.15) is 33.3 Å². The molecule has 0 amide bonds. The molecule has 17 heavy (non-hydrogen) atoms. The molecule has 0 aliphatic carbocycles. The Morgan fingerprint density at radius 1 is 1.29 bits per heavy atom. The van der Waals surface area contributed by atoms with Gasteiger partial charge in [0, 0.05) is 29.3 Å². The van der Waals surface area contributed by atoms with Gasteiger partial charge in [0.15, 0.2) is 0 Å². The molecule has 0 aliphatic heterocycles. The van der Waals surface area contributed by atoms with E-state index in [1.54, 1.807) is 0 Å². The molecule has 0 atom stereocenters. The first-order valence-electron chi connectivity index (χ1n) is 6.35. The summed E-state index contributed by atoms with van der Waals surface area (Å²) in [5, 5.41) is 3.40. The van der Waals surface area contributed by atoms with Crippen molar-refractivity contribution in [3.05, 3.63) is 28.2 Å². The molecule has 1 aromatic carbocycles. The lowest BCUT2D eigenvalue weighted by Crippen LogP contribution is -2.31. The zero-order valence-corrected chi connectivity index (χ0v) is 12.8. The summed E-state index contributed by atoms with van der Waals surface area (Å²) in [6, 6.07) is 7.06. The summed E-state index contributed by atoms with van der Waals surface area (Å²) in [7, 11) is 0. The molecular weight excluding hydrogens is 276 g/mol. The summed E-state index contributed by atoms with van der Waals surface area (Å²) in [4.78, 5) is 2.43. The highest BCUT2D eigenvalue weighted by Gasteiger charge is 2.12. The van der Waals surface area contributed by atoms with Gasteiger partial charge in [-0.1, -0.05) is 28.9 Å². The normalized spacial score (nSPS) is 10.9. The number of nitrogens with zero attached hydrogens (tertiary/aromatic N) is 1. The second-order valence-corrected chi connectivity index (χ2v) is 5.35. The first kappa shape index (κ1) is 14.5. The molecule has 0 saturated carbocycles. The molecule has 0 heterocycles. The Bertz CT molecular complexity index is 350. The van der Waals surface area contributed by atoms with E-state index in [0.717, 1.165) is 24.1 Å². The van der Waals surface area contributed by atoms with Gasteiger partial charge in [0.1, 0.15) is 0 Å². The van der Waals surface area contributed by atoms with Crippen molar-refractivity contribution in [2.45, 2.75) is 40.3 Å². The minimum absolute atomic E-state index is 0.523.